The Balaban J connectivity index is 1.58. The fourth-order valence-electron chi connectivity index (χ4n) is 3.34. The van der Waals surface area contributed by atoms with Gasteiger partial charge in [-0.05, 0) is 50.1 Å². The topological polar surface area (TPSA) is 93.5 Å². The molecule has 28 heavy (non-hydrogen) atoms. The first kappa shape index (κ1) is 18.0. The van der Waals surface area contributed by atoms with Gasteiger partial charge in [-0.1, -0.05) is 0 Å². The lowest BCUT2D eigenvalue weighted by Gasteiger charge is -2.10. The van der Waals surface area contributed by atoms with Crippen molar-refractivity contribution in [3.05, 3.63) is 59.1 Å². The van der Waals surface area contributed by atoms with Crippen LogP contribution in [0.4, 0.5) is 0 Å². The van der Waals surface area contributed by atoms with E-state index in [1.54, 1.807) is 31.5 Å². The van der Waals surface area contributed by atoms with Crippen molar-refractivity contribution in [2.24, 2.45) is 0 Å². The summed E-state index contributed by atoms with van der Waals surface area (Å²) in [5, 5.41) is 6.17. The average Bonchev–Trinajstić information content (AvgIpc) is 3.22. The molecule has 2 N–H and O–H groups in total. The van der Waals surface area contributed by atoms with E-state index in [0.717, 1.165) is 11.1 Å². The lowest BCUT2D eigenvalue weighted by molar-refractivity contribution is -0.120. The van der Waals surface area contributed by atoms with Crippen molar-refractivity contribution in [3.63, 3.8) is 0 Å². The second kappa shape index (κ2) is 7.34. The minimum atomic E-state index is -0.509. The van der Waals surface area contributed by atoms with E-state index in [1.165, 1.54) is 0 Å². The summed E-state index contributed by atoms with van der Waals surface area (Å²) < 4.78 is 11.6. The molecule has 144 valence electrons. The van der Waals surface area contributed by atoms with Crippen LogP contribution in [0.15, 0.2) is 41.1 Å². The Kier molecular flexibility index (Phi) is 4.73. The van der Waals surface area contributed by atoms with Crippen molar-refractivity contribution in [2.75, 3.05) is 6.54 Å². The lowest BCUT2D eigenvalue weighted by Crippen LogP contribution is -2.40. The third kappa shape index (κ3) is 3.43. The van der Waals surface area contributed by atoms with Crippen molar-refractivity contribution in [1.82, 2.24) is 15.6 Å². The highest BCUT2D eigenvalue weighted by atomic mass is 16.5. The van der Waals surface area contributed by atoms with Gasteiger partial charge in [-0.15, -0.1) is 0 Å². The summed E-state index contributed by atoms with van der Waals surface area (Å²) in [6.45, 7) is 4.69. The lowest BCUT2D eigenvalue weighted by atomic mass is 10.1. The second-order valence-electron chi connectivity index (χ2n) is 6.89. The molecule has 0 spiro atoms. The molecule has 1 aliphatic heterocycles. The summed E-state index contributed by atoms with van der Waals surface area (Å²) in [4.78, 5) is 28.7. The first-order chi connectivity index (χ1) is 13.5. The monoisotopic (exact) mass is 379 g/mol. The van der Waals surface area contributed by atoms with Crippen molar-refractivity contribution in [1.29, 1.82) is 0 Å². The molecule has 1 aliphatic rings. The van der Waals surface area contributed by atoms with E-state index in [9.17, 15) is 9.59 Å². The number of hydrogen-bond donors (Lipinski definition) is 2. The van der Waals surface area contributed by atoms with E-state index >= 15 is 0 Å². The summed E-state index contributed by atoms with van der Waals surface area (Å²) in [5.41, 5.74) is 3.13. The SMILES string of the molecule is Cc1ccncc1COc1ccc2oc(C)c(C(=O)NC3CCNC3=O)c2c1. The fraction of sp³-hybridized carbons (Fsp3) is 0.286. The number of carbonyl (C=O) groups is 2. The molecule has 3 aromatic rings. The van der Waals surface area contributed by atoms with E-state index < -0.39 is 6.04 Å². The van der Waals surface area contributed by atoms with Gasteiger partial charge in [0.2, 0.25) is 5.91 Å². The van der Waals surface area contributed by atoms with Crippen LogP contribution in [0.2, 0.25) is 0 Å². The van der Waals surface area contributed by atoms with Gasteiger partial charge in [0.25, 0.3) is 5.91 Å². The van der Waals surface area contributed by atoms with Crippen LogP contribution in [0.25, 0.3) is 11.0 Å². The van der Waals surface area contributed by atoms with Gasteiger partial charge in [0.1, 0.15) is 29.7 Å². The predicted octanol–water partition coefficient (Wildman–Crippen LogP) is 2.64. The van der Waals surface area contributed by atoms with Gasteiger partial charge in [0, 0.05) is 29.9 Å². The second-order valence-corrected chi connectivity index (χ2v) is 6.89. The molecule has 2 amide bonds. The Hall–Kier alpha value is -3.35. The van der Waals surface area contributed by atoms with Gasteiger partial charge in [-0.3, -0.25) is 14.6 Å². The molecule has 0 bridgehead atoms. The number of furan rings is 1. The molecule has 1 unspecified atom stereocenters. The third-order valence-corrected chi connectivity index (χ3v) is 4.96. The van der Waals surface area contributed by atoms with Gasteiger partial charge in [-0.2, -0.15) is 0 Å². The van der Waals surface area contributed by atoms with E-state index in [2.05, 4.69) is 15.6 Å². The quantitative estimate of drug-likeness (QED) is 0.711. The number of fused-ring (bicyclic) bond motifs is 1. The Morgan fingerprint density at radius 3 is 2.96 bits per heavy atom. The van der Waals surface area contributed by atoms with Crippen LogP contribution in [0, 0.1) is 13.8 Å². The maximum Gasteiger partial charge on any atom is 0.256 e. The first-order valence-corrected chi connectivity index (χ1v) is 9.17. The third-order valence-electron chi connectivity index (χ3n) is 4.96. The number of amides is 2. The zero-order valence-electron chi connectivity index (χ0n) is 15.7. The molecule has 0 saturated carbocycles. The molecule has 0 aliphatic carbocycles. The van der Waals surface area contributed by atoms with Crippen LogP contribution in [0.3, 0.4) is 0 Å². The molecule has 1 atom stereocenters. The number of ether oxygens (including phenoxy) is 1. The highest BCUT2D eigenvalue weighted by Crippen LogP contribution is 2.29. The van der Waals surface area contributed by atoms with E-state index in [0.29, 0.717) is 47.6 Å². The Labute approximate surface area is 162 Å². The van der Waals surface area contributed by atoms with E-state index in [1.807, 2.05) is 19.1 Å². The Bertz CT molecular complexity index is 1060. The number of aryl methyl sites for hydroxylation is 2. The smallest absolute Gasteiger partial charge is 0.256 e. The zero-order valence-corrected chi connectivity index (χ0v) is 15.7. The van der Waals surface area contributed by atoms with Crippen molar-refractivity contribution in [2.45, 2.75) is 32.9 Å². The molecule has 3 heterocycles. The van der Waals surface area contributed by atoms with Gasteiger partial charge < -0.3 is 19.8 Å². The van der Waals surface area contributed by atoms with Crippen molar-refractivity contribution in [3.8, 4) is 5.75 Å². The number of hydrogen-bond acceptors (Lipinski definition) is 5. The number of benzene rings is 1. The first-order valence-electron chi connectivity index (χ1n) is 9.17. The Morgan fingerprint density at radius 2 is 2.21 bits per heavy atom. The molecule has 4 rings (SSSR count). The number of rotatable bonds is 5. The van der Waals surface area contributed by atoms with Crippen LogP contribution < -0.4 is 15.4 Å². The zero-order chi connectivity index (χ0) is 19.7. The highest BCUT2D eigenvalue weighted by molar-refractivity contribution is 6.08. The fourth-order valence-corrected chi connectivity index (χ4v) is 3.34. The van der Waals surface area contributed by atoms with Gasteiger partial charge >= 0.3 is 0 Å². The normalized spacial score (nSPS) is 16.2. The maximum absolute atomic E-state index is 12.8. The van der Waals surface area contributed by atoms with Gasteiger partial charge in [0.05, 0.1) is 5.56 Å². The van der Waals surface area contributed by atoms with Crippen molar-refractivity contribution >= 4 is 22.8 Å². The maximum atomic E-state index is 12.8. The summed E-state index contributed by atoms with van der Waals surface area (Å²) in [7, 11) is 0. The molecule has 1 fully saturated rings. The predicted molar refractivity (Wildman–Crippen MR) is 103 cm³/mol. The summed E-state index contributed by atoms with van der Waals surface area (Å²) >= 11 is 0. The minimum absolute atomic E-state index is 0.158. The summed E-state index contributed by atoms with van der Waals surface area (Å²) in [6.07, 6.45) is 4.11. The number of pyridine rings is 1. The van der Waals surface area contributed by atoms with Gasteiger partial charge in [-0.25, -0.2) is 0 Å². The average molecular weight is 379 g/mol. The number of nitrogens with one attached hydrogen (secondary N) is 2. The molecule has 2 aromatic heterocycles. The van der Waals surface area contributed by atoms with Crippen LogP contribution in [0.5, 0.6) is 5.75 Å². The van der Waals surface area contributed by atoms with Crippen molar-refractivity contribution < 1.29 is 18.7 Å². The Morgan fingerprint density at radius 1 is 1.36 bits per heavy atom. The number of carbonyl (C=O) groups excluding carboxylic acids is 2. The molecule has 7 nitrogen and oxygen atoms in total. The van der Waals surface area contributed by atoms with Crippen LogP contribution >= 0.6 is 0 Å². The number of aromatic nitrogens is 1. The largest absolute Gasteiger partial charge is 0.489 e. The molecule has 1 saturated heterocycles. The standard InChI is InChI=1S/C21H21N3O4/c1-12-5-7-22-10-14(12)11-27-15-3-4-18-16(9-15)19(13(2)28-18)21(26)24-17-6-8-23-20(17)25/h3-5,7,9-10,17H,6,8,11H2,1-2H3,(H,23,25)(H,24,26). The summed E-state index contributed by atoms with van der Waals surface area (Å²) in [5.74, 6) is 0.656. The van der Waals surface area contributed by atoms with Crippen LogP contribution in [0.1, 0.15) is 33.7 Å². The highest BCUT2D eigenvalue weighted by Gasteiger charge is 2.28. The van der Waals surface area contributed by atoms with E-state index in [-0.39, 0.29) is 11.8 Å². The molecule has 0 radical (unpaired) electrons. The molecule has 7 heteroatoms. The minimum Gasteiger partial charge on any atom is -0.489 e. The number of nitrogens with zero attached hydrogens (tertiary/aromatic N) is 1. The molecular weight excluding hydrogens is 358 g/mol. The van der Waals surface area contributed by atoms with Crippen LogP contribution in [-0.4, -0.2) is 29.4 Å². The molecular formula is C21H21N3O4. The summed E-state index contributed by atoms with van der Waals surface area (Å²) in [6, 6.07) is 6.81. The van der Waals surface area contributed by atoms with Crippen LogP contribution in [-0.2, 0) is 11.4 Å². The van der Waals surface area contributed by atoms with Gasteiger partial charge in [0.15, 0.2) is 0 Å². The van der Waals surface area contributed by atoms with E-state index in [4.69, 9.17) is 9.15 Å². The molecule has 1 aromatic carbocycles.